The van der Waals surface area contributed by atoms with Crippen molar-refractivity contribution in [1.82, 2.24) is 4.98 Å². The molecule has 17 heavy (non-hydrogen) atoms. The number of nitrogens with zero attached hydrogens (tertiary/aromatic N) is 1. The normalized spacial score (nSPS) is 10.6. The fraction of sp³-hybridized carbons (Fsp3) is 0.308. The second kappa shape index (κ2) is 6.49. The molecular weight excluding hydrogens is 234 g/mol. The summed E-state index contributed by atoms with van der Waals surface area (Å²) in [7, 11) is 1.67. The molecule has 0 saturated heterocycles. The van der Waals surface area contributed by atoms with Crippen molar-refractivity contribution in [2.24, 2.45) is 0 Å². The standard InChI is InChI=1S/C13H15NO2S/c1-15-8-12-10-17-13(14-12)9-16-7-11-5-3-2-4-6-11/h2-6,10H,7-9H2,1H3. The number of hydrogen-bond donors (Lipinski definition) is 0. The van der Waals surface area contributed by atoms with Gasteiger partial charge in [0, 0.05) is 12.5 Å². The molecule has 0 saturated carbocycles. The van der Waals surface area contributed by atoms with Crippen LogP contribution < -0.4 is 0 Å². The van der Waals surface area contributed by atoms with Crippen molar-refractivity contribution < 1.29 is 9.47 Å². The first kappa shape index (κ1) is 12.2. The molecule has 0 atom stereocenters. The van der Waals surface area contributed by atoms with Gasteiger partial charge in [-0.05, 0) is 5.56 Å². The molecule has 0 amide bonds. The highest BCUT2D eigenvalue weighted by Crippen LogP contribution is 2.12. The maximum absolute atomic E-state index is 5.60. The van der Waals surface area contributed by atoms with E-state index in [1.807, 2.05) is 23.6 Å². The lowest BCUT2D eigenvalue weighted by molar-refractivity contribution is 0.106. The third-order valence-corrected chi connectivity index (χ3v) is 3.10. The molecule has 0 unspecified atom stereocenters. The lowest BCUT2D eigenvalue weighted by Gasteiger charge is -2.01. The van der Waals surface area contributed by atoms with Crippen LogP contribution >= 0.6 is 11.3 Å². The van der Waals surface area contributed by atoms with E-state index < -0.39 is 0 Å². The third kappa shape index (κ3) is 3.93. The molecule has 1 aromatic heterocycles. The van der Waals surface area contributed by atoms with E-state index in [1.54, 1.807) is 18.4 Å². The van der Waals surface area contributed by atoms with Crippen LogP contribution in [0.5, 0.6) is 0 Å². The monoisotopic (exact) mass is 249 g/mol. The van der Waals surface area contributed by atoms with Crippen LogP contribution in [0.15, 0.2) is 35.7 Å². The quantitative estimate of drug-likeness (QED) is 0.788. The zero-order chi connectivity index (χ0) is 11.9. The molecule has 0 aliphatic heterocycles. The highest BCUT2D eigenvalue weighted by Gasteiger charge is 2.01. The van der Waals surface area contributed by atoms with Crippen molar-refractivity contribution in [2.45, 2.75) is 19.8 Å². The number of aromatic nitrogens is 1. The highest BCUT2D eigenvalue weighted by atomic mass is 32.1. The minimum absolute atomic E-state index is 0.559. The molecule has 3 nitrogen and oxygen atoms in total. The van der Waals surface area contributed by atoms with Gasteiger partial charge >= 0.3 is 0 Å². The lowest BCUT2D eigenvalue weighted by Crippen LogP contribution is -1.94. The lowest BCUT2D eigenvalue weighted by atomic mass is 10.2. The summed E-state index contributed by atoms with van der Waals surface area (Å²) < 4.78 is 10.6. The summed E-state index contributed by atoms with van der Waals surface area (Å²) in [6.45, 7) is 1.75. The van der Waals surface area contributed by atoms with Gasteiger partial charge in [0.15, 0.2) is 0 Å². The van der Waals surface area contributed by atoms with E-state index in [4.69, 9.17) is 9.47 Å². The van der Waals surface area contributed by atoms with Crippen LogP contribution in [0.3, 0.4) is 0 Å². The van der Waals surface area contributed by atoms with Gasteiger partial charge in [-0.1, -0.05) is 30.3 Å². The maximum Gasteiger partial charge on any atom is 0.119 e. The van der Waals surface area contributed by atoms with Crippen LogP contribution in [0, 0.1) is 0 Å². The van der Waals surface area contributed by atoms with Gasteiger partial charge in [-0.2, -0.15) is 0 Å². The summed E-state index contributed by atoms with van der Waals surface area (Å²) in [5.41, 5.74) is 2.15. The fourth-order valence-electron chi connectivity index (χ4n) is 1.46. The Morgan fingerprint density at radius 1 is 1.12 bits per heavy atom. The van der Waals surface area contributed by atoms with Crippen molar-refractivity contribution >= 4 is 11.3 Å². The minimum Gasteiger partial charge on any atom is -0.378 e. The van der Waals surface area contributed by atoms with E-state index in [1.165, 1.54) is 5.56 Å². The summed E-state index contributed by atoms with van der Waals surface area (Å²) >= 11 is 1.61. The molecule has 4 heteroatoms. The largest absolute Gasteiger partial charge is 0.378 e. The van der Waals surface area contributed by atoms with Gasteiger partial charge in [0.05, 0.1) is 25.5 Å². The van der Waals surface area contributed by atoms with E-state index in [2.05, 4.69) is 17.1 Å². The second-order valence-electron chi connectivity index (χ2n) is 3.64. The summed E-state index contributed by atoms with van der Waals surface area (Å²) in [5, 5.41) is 3.00. The average molecular weight is 249 g/mol. The van der Waals surface area contributed by atoms with Gasteiger partial charge in [-0.3, -0.25) is 0 Å². The predicted molar refractivity (Wildman–Crippen MR) is 67.8 cm³/mol. The molecule has 0 bridgehead atoms. The number of ether oxygens (including phenoxy) is 2. The molecule has 90 valence electrons. The topological polar surface area (TPSA) is 31.4 Å². The van der Waals surface area contributed by atoms with Gasteiger partial charge < -0.3 is 9.47 Å². The van der Waals surface area contributed by atoms with Crippen LogP contribution in [0.2, 0.25) is 0 Å². The van der Waals surface area contributed by atoms with Crippen molar-refractivity contribution in [3.63, 3.8) is 0 Å². The summed E-state index contributed by atoms with van der Waals surface area (Å²) in [6, 6.07) is 10.1. The summed E-state index contributed by atoms with van der Waals surface area (Å²) in [5.74, 6) is 0. The molecule has 0 aliphatic carbocycles. The molecule has 0 spiro atoms. The summed E-state index contributed by atoms with van der Waals surface area (Å²) in [6.07, 6.45) is 0. The zero-order valence-electron chi connectivity index (χ0n) is 9.76. The van der Waals surface area contributed by atoms with Gasteiger partial charge in [-0.15, -0.1) is 11.3 Å². The van der Waals surface area contributed by atoms with E-state index in [-0.39, 0.29) is 0 Å². The van der Waals surface area contributed by atoms with Crippen molar-refractivity contribution in [3.05, 3.63) is 52.0 Å². The number of rotatable bonds is 6. The number of thiazole rings is 1. The van der Waals surface area contributed by atoms with Crippen molar-refractivity contribution in [2.75, 3.05) is 7.11 Å². The maximum atomic E-state index is 5.60. The molecular formula is C13H15NO2S. The Kier molecular flexibility index (Phi) is 4.67. The Labute approximate surface area is 105 Å². The minimum atomic E-state index is 0.559. The fourth-order valence-corrected chi connectivity index (χ4v) is 2.17. The van der Waals surface area contributed by atoms with Crippen LogP contribution in [-0.2, 0) is 29.3 Å². The van der Waals surface area contributed by atoms with Crippen LogP contribution in [0.25, 0.3) is 0 Å². The van der Waals surface area contributed by atoms with Gasteiger partial charge in [0.2, 0.25) is 0 Å². The molecule has 2 rings (SSSR count). The summed E-state index contributed by atoms with van der Waals surface area (Å²) in [4.78, 5) is 4.40. The van der Waals surface area contributed by atoms with Gasteiger partial charge in [0.25, 0.3) is 0 Å². The number of hydrogen-bond acceptors (Lipinski definition) is 4. The first-order valence-corrected chi connectivity index (χ1v) is 6.30. The van der Waals surface area contributed by atoms with Gasteiger partial charge in [0.1, 0.15) is 5.01 Å². The first-order chi connectivity index (χ1) is 8.38. The van der Waals surface area contributed by atoms with Crippen LogP contribution in [0.4, 0.5) is 0 Å². The van der Waals surface area contributed by atoms with Crippen LogP contribution in [-0.4, -0.2) is 12.1 Å². The van der Waals surface area contributed by atoms with E-state index in [0.717, 1.165) is 10.7 Å². The van der Waals surface area contributed by atoms with Crippen molar-refractivity contribution in [1.29, 1.82) is 0 Å². The zero-order valence-corrected chi connectivity index (χ0v) is 10.6. The molecule has 2 aromatic rings. The average Bonchev–Trinajstić information content (AvgIpc) is 2.79. The van der Waals surface area contributed by atoms with E-state index >= 15 is 0 Å². The Morgan fingerprint density at radius 2 is 1.94 bits per heavy atom. The van der Waals surface area contributed by atoms with E-state index in [0.29, 0.717) is 19.8 Å². The third-order valence-electron chi connectivity index (χ3n) is 2.23. The number of benzene rings is 1. The molecule has 0 radical (unpaired) electrons. The second-order valence-corrected chi connectivity index (χ2v) is 4.59. The molecule has 0 aliphatic rings. The predicted octanol–water partition coefficient (Wildman–Crippen LogP) is 3.01. The molecule has 0 N–H and O–H groups in total. The van der Waals surface area contributed by atoms with E-state index in [9.17, 15) is 0 Å². The Morgan fingerprint density at radius 3 is 2.71 bits per heavy atom. The molecule has 1 aromatic carbocycles. The van der Waals surface area contributed by atoms with Crippen LogP contribution in [0.1, 0.15) is 16.3 Å². The van der Waals surface area contributed by atoms with Crippen molar-refractivity contribution in [3.8, 4) is 0 Å². The first-order valence-electron chi connectivity index (χ1n) is 5.42. The van der Waals surface area contributed by atoms with Gasteiger partial charge in [-0.25, -0.2) is 4.98 Å². The molecule has 0 fully saturated rings. The SMILES string of the molecule is COCc1csc(COCc2ccccc2)n1. The smallest absolute Gasteiger partial charge is 0.119 e. The highest BCUT2D eigenvalue weighted by molar-refractivity contribution is 7.09. The number of methoxy groups -OCH3 is 1. The Hall–Kier alpha value is -1.23. The Bertz CT molecular complexity index is 442. The molecule has 1 heterocycles. The Balaban J connectivity index is 1.78.